The molecule has 0 bridgehead atoms. The van der Waals surface area contributed by atoms with Gasteiger partial charge in [-0.3, -0.25) is 24.3 Å². The van der Waals surface area contributed by atoms with Crippen LogP contribution in [0.1, 0.15) is 71.0 Å². The maximum absolute atomic E-state index is 14.4. The number of likely N-dealkylation sites (tertiary alicyclic amines) is 1. The fourth-order valence-corrected chi connectivity index (χ4v) is 5.07. The summed E-state index contributed by atoms with van der Waals surface area (Å²) in [7, 11) is 0. The highest BCUT2D eigenvalue weighted by Gasteiger charge is 2.41. The van der Waals surface area contributed by atoms with Crippen molar-refractivity contribution in [3.8, 4) is 0 Å². The SMILES string of the molecule is C=CC(=O)N1CCCC1C(=O)N(c1ccc(C(C)(C)C)cc1)C(C(=O)NC(CO)CC(C)C)c1cccnc1. The number of aliphatic hydroxyl groups is 1. The molecular weight excluding hydrogens is 492 g/mol. The first-order valence-corrected chi connectivity index (χ1v) is 13.7. The molecule has 1 aliphatic rings. The Morgan fingerprint density at radius 3 is 2.44 bits per heavy atom. The molecule has 0 saturated carbocycles. The summed E-state index contributed by atoms with van der Waals surface area (Å²) < 4.78 is 0. The number of carbonyl (C=O) groups is 3. The zero-order valence-corrected chi connectivity index (χ0v) is 23.8. The molecule has 0 spiro atoms. The Balaban J connectivity index is 2.14. The van der Waals surface area contributed by atoms with Gasteiger partial charge in [-0.2, -0.15) is 0 Å². The molecule has 3 atom stereocenters. The quantitative estimate of drug-likeness (QED) is 0.446. The minimum absolute atomic E-state index is 0.0999. The van der Waals surface area contributed by atoms with E-state index in [1.165, 1.54) is 15.9 Å². The molecule has 1 fully saturated rings. The number of aromatic nitrogens is 1. The molecule has 39 heavy (non-hydrogen) atoms. The predicted octanol–water partition coefficient (Wildman–Crippen LogP) is 4.15. The van der Waals surface area contributed by atoms with Crippen molar-refractivity contribution in [2.45, 2.75) is 77.4 Å². The molecule has 3 rings (SSSR count). The average molecular weight is 535 g/mol. The van der Waals surface area contributed by atoms with Gasteiger partial charge in [0.25, 0.3) is 5.91 Å². The van der Waals surface area contributed by atoms with Crippen LogP contribution in [0.5, 0.6) is 0 Å². The Bertz CT molecular complexity index is 1140. The van der Waals surface area contributed by atoms with Crippen molar-refractivity contribution in [3.63, 3.8) is 0 Å². The van der Waals surface area contributed by atoms with Crippen molar-refractivity contribution < 1.29 is 19.5 Å². The Morgan fingerprint density at radius 2 is 1.90 bits per heavy atom. The van der Waals surface area contributed by atoms with Crippen LogP contribution < -0.4 is 10.2 Å². The van der Waals surface area contributed by atoms with Gasteiger partial charge in [-0.1, -0.05) is 59.4 Å². The number of nitrogens with zero attached hydrogens (tertiary/aromatic N) is 3. The van der Waals surface area contributed by atoms with E-state index in [0.29, 0.717) is 37.1 Å². The van der Waals surface area contributed by atoms with Gasteiger partial charge in [0, 0.05) is 30.2 Å². The molecule has 2 aromatic rings. The summed E-state index contributed by atoms with van der Waals surface area (Å²) in [5, 5.41) is 12.9. The van der Waals surface area contributed by atoms with E-state index in [-0.39, 0.29) is 29.8 Å². The second kappa shape index (κ2) is 13.0. The normalized spacial score (nSPS) is 17.0. The molecule has 1 aromatic carbocycles. The zero-order valence-electron chi connectivity index (χ0n) is 23.8. The van der Waals surface area contributed by atoms with Gasteiger partial charge in [0.05, 0.1) is 12.6 Å². The van der Waals surface area contributed by atoms with E-state index in [0.717, 1.165) is 5.56 Å². The molecule has 3 unspecified atom stereocenters. The molecule has 0 radical (unpaired) electrons. The third-order valence-electron chi connectivity index (χ3n) is 7.07. The van der Waals surface area contributed by atoms with E-state index >= 15 is 0 Å². The number of hydrogen-bond acceptors (Lipinski definition) is 5. The van der Waals surface area contributed by atoms with Gasteiger partial charge in [-0.05, 0) is 60.4 Å². The summed E-state index contributed by atoms with van der Waals surface area (Å²) in [4.78, 5) is 48.2. The Morgan fingerprint density at radius 1 is 1.21 bits per heavy atom. The predicted molar refractivity (Wildman–Crippen MR) is 153 cm³/mol. The number of pyridine rings is 1. The lowest BCUT2D eigenvalue weighted by Gasteiger charge is -2.36. The van der Waals surface area contributed by atoms with Crippen molar-refractivity contribution in [1.29, 1.82) is 0 Å². The number of nitrogens with one attached hydrogen (secondary N) is 1. The lowest BCUT2D eigenvalue weighted by Crippen LogP contribution is -2.53. The van der Waals surface area contributed by atoms with Gasteiger partial charge in [-0.25, -0.2) is 0 Å². The second-order valence-electron chi connectivity index (χ2n) is 11.6. The molecule has 1 aromatic heterocycles. The summed E-state index contributed by atoms with van der Waals surface area (Å²) >= 11 is 0. The maximum Gasteiger partial charge on any atom is 0.250 e. The number of anilines is 1. The monoisotopic (exact) mass is 534 g/mol. The van der Waals surface area contributed by atoms with Crippen LogP contribution in [-0.2, 0) is 19.8 Å². The van der Waals surface area contributed by atoms with Crippen LogP contribution in [0, 0.1) is 5.92 Å². The number of carbonyl (C=O) groups excluding carboxylic acids is 3. The van der Waals surface area contributed by atoms with Gasteiger partial charge in [0.15, 0.2) is 0 Å². The lowest BCUT2D eigenvalue weighted by atomic mass is 9.87. The molecule has 210 valence electrons. The molecule has 2 N–H and O–H groups in total. The number of aliphatic hydroxyl groups excluding tert-OH is 1. The van der Waals surface area contributed by atoms with E-state index in [9.17, 15) is 19.5 Å². The number of rotatable bonds is 10. The van der Waals surface area contributed by atoms with Crippen LogP contribution in [0.4, 0.5) is 5.69 Å². The summed E-state index contributed by atoms with van der Waals surface area (Å²) in [6, 6.07) is 8.85. The van der Waals surface area contributed by atoms with Gasteiger partial charge >= 0.3 is 0 Å². The summed E-state index contributed by atoms with van der Waals surface area (Å²) in [5.41, 5.74) is 2.06. The van der Waals surface area contributed by atoms with Crippen molar-refractivity contribution in [3.05, 3.63) is 72.6 Å². The molecule has 2 heterocycles. The molecule has 0 aliphatic carbocycles. The molecule has 1 saturated heterocycles. The minimum Gasteiger partial charge on any atom is -0.394 e. The van der Waals surface area contributed by atoms with Crippen LogP contribution in [0.2, 0.25) is 0 Å². The molecule has 1 aliphatic heterocycles. The van der Waals surface area contributed by atoms with E-state index in [2.05, 4.69) is 37.7 Å². The van der Waals surface area contributed by atoms with E-state index < -0.39 is 24.0 Å². The highest BCUT2D eigenvalue weighted by Crippen LogP contribution is 2.33. The van der Waals surface area contributed by atoms with Crippen molar-refractivity contribution in [2.75, 3.05) is 18.1 Å². The first-order valence-electron chi connectivity index (χ1n) is 13.7. The fourth-order valence-electron chi connectivity index (χ4n) is 5.07. The van der Waals surface area contributed by atoms with Crippen molar-refractivity contribution >= 4 is 23.4 Å². The first-order chi connectivity index (χ1) is 18.5. The Labute approximate surface area is 232 Å². The van der Waals surface area contributed by atoms with Crippen LogP contribution in [-0.4, -0.2) is 57.9 Å². The van der Waals surface area contributed by atoms with Crippen molar-refractivity contribution in [1.82, 2.24) is 15.2 Å². The minimum atomic E-state index is -1.06. The lowest BCUT2D eigenvalue weighted by molar-refractivity contribution is -0.135. The summed E-state index contributed by atoms with van der Waals surface area (Å²) in [5.74, 6) is -0.831. The van der Waals surface area contributed by atoms with Gasteiger partial charge in [0.1, 0.15) is 12.1 Å². The average Bonchev–Trinajstić information content (AvgIpc) is 3.40. The second-order valence-corrected chi connectivity index (χ2v) is 11.6. The van der Waals surface area contributed by atoms with Gasteiger partial charge < -0.3 is 15.3 Å². The number of amides is 3. The standard InChI is InChI=1S/C31H42N4O4/c1-7-27(37)34-17-9-11-26(34)30(39)35(25-14-12-23(13-15-25)31(4,5)6)28(22-10-8-16-32-19-22)29(38)33-24(20-36)18-21(2)3/h7-8,10,12-16,19,21,24,26,28,36H,1,9,11,17-18,20H2,2-6H3,(H,33,38). The Kier molecular flexibility index (Phi) is 10.0. The van der Waals surface area contributed by atoms with E-state index in [4.69, 9.17) is 0 Å². The number of benzene rings is 1. The summed E-state index contributed by atoms with van der Waals surface area (Å²) in [6.45, 7) is 14.2. The first kappa shape index (κ1) is 30.0. The molecule has 3 amide bonds. The largest absolute Gasteiger partial charge is 0.394 e. The van der Waals surface area contributed by atoms with E-state index in [1.807, 2.05) is 38.1 Å². The van der Waals surface area contributed by atoms with Crippen LogP contribution in [0.15, 0.2) is 61.4 Å². The number of hydrogen-bond donors (Lipinski definition) is 2. The van der Waals surface area contributed by atoms with Gasteiger partial charge in [0.2, 0.25) is 11.8 Å². The topological polar surface area (TPSA) is 103 Å². The fraction of sp³-hybridized carbons (Fsp3) is 0.484. The Hall–Kier alpha value is -3.52. The summed E-state index contributed by atoms with van der Waals surface area (Å²) in [6.07, 6.45) is 6.16. The zero-order chi connectivity index (χ0) is 28.7. The van der Waals surface area contributed by atoms with Crippen molar-refractivity contribution in [2.24, 2.45) is 5.92 Å². The van der Waals surface area contributed by atoms with Crippen LogP contribution in [0.25, 0.3) is 0 Å². The maximum atomic E-state index is 14.4. The molecule has 8 nitrogen and oxygen atoms in total. The van der Waals surface area contributed by atoms with Crippen LogP contribution in [0.3, 0.4) is 0 Å². The van der Waals surface area contributed by atoms with Gasteiger partial charge in [-0.15, -0.1) is 0 Å². The molecular formula is C31H42N4O4. The third kappa shape index (κ3) is 7.32. The smallest absolute Gasteiger partial charge is 0.250 e. The van der Waals surface area contributed by atoms with E-state index in [1.54, 1.807) is 24.5 Å². The highest BCUT2D eigenvalue weighted by molar-refractivity contribution is 6.05. The van der Waals surface area contributed by atoms with Crippen LogP contribution >= 0.6 is 0 Å². The molecule has 8 heteroatoms. The third-order valence-corrected chi connectivity index (χ3v) is 7.07. The highest BCUT2D eigenvalue weighted by atomic mass is 16.3.